The maximum absolute atomic E-state index is 12.6. The van der Waals surface area contributed by atoms with E-state index in [9.17, 15) is 14.9 Å². The molecule has 0 radical (unpaired) electrons. The van der Waals surface area contributed by atoms with Crippen LogP contribution in [0.1, 0.15) is 31.2 Å². The molecule has 1 N–H and O–H groups in total. The van der Waals surface area contributed by atoms with E-state index < -0.39 is 4.92 Å². The number of amides is 1. The molecule has 1 amide bonds. The lowest BCUT2D eigenvalue weighted by molar-refractivity contribution is -0.384. The summed E-state index contributed by atoms with van der Waals surface area (Å²) in [6.45, 7) is 1.20. The molecule has 0 aliphatic carbocycles. The second-order valence-electron chi connectivity index (χ2n) is 6.86. The molecule has 1 unspecified atom stereocenters. The number of benzene rings is 2. The molecule has 1 aliphatic heterocycles. The van der Waals surface area contributed by atoms with Gasteiger partial charge in [-0.15, -0.1) is 0 Å². The Hall–Kier alpha value is -2.89. The minimum Gasteiger partial charge on any atom is -0.379 e. The minimum atomic E-state index is -0.412. The van der Waals surface area contributed by atoms with E-state index in [4.69, 9.17) is 0 Å². The molecule has 1 heterocycles. The zero-order valence-corrected chi connectivity index (χ0v) is 15.3. The van der Waals surface area contributed by atoms with E-state index in [0.29, 0.717) is 24.7 Å². The van der Waals surface area contributed by atoms with Gasteiger partial charge in [-0.05, 0) is 37.3 Å². The van der Waals surface area contributed by atoms with E-state index in [2.05, 4.69) is 17.4 Å². The van der Waals surface area contributed by atoms with Crippen molar-refractivity contribution in [3.05, 3.63) is 70.3 Å². The van der Waals surface area contributed by atoms with Crippen LogP contribution in [0, 0.1) is 10.1 Å². The molecule has 0 saturated carbocycles. The van der Waals surface area contributed by atoms with E-state index in [0.717, 1.165) is 32.2 Å². The largest absolute Gasteiger partial charge is 0.379 e. The average Bonchev–Trinajstić information content (AvgIpc) is 3.16. The Labute approximate surface area is 159 Å². The fourth-order valence-electron chi connectivity index (χ4n) is 3.67. The third kappa shape index (κ3) is 5.06. The lowest BCUT2D eigenvalue weighted by Crippen LogP contribution is -2.36. The van der Waals surface area contributed by atoms with Crippen molar-refractivity contribution in [1.82, 2.24) is 4.90 Å². The van der Waals surface area contributed by atoms with Gasteiger partial charge in [-0.2, -0.15) is 0 Å². The number of nitro benzene ring substituents is 1. The predicted molar refractivity (Wildman–Crippen MR) is 106 cm³/mol. The number of nitrogens with one attached hydrogen (secondary N) is 1. The standard InChI is InChI=1S/C21H25N3O3/c25-21(14-15-22-19-10-4-5-11-20(19)24(26)27)23-16-6-9-18(23)13-12-17-7-2-1-3-8-17/h1-5,7-8,10-11,18,22H,6,9,12-16H2. The molecule has 1 atom stereocenters. The van der Waals surface area contributed by atoms with E-state index >= 15 is 0 Å². The van der Waals surface area contributed by atoms with Gasteiger partial charge in [-0.1, -0.05) is 42.5 Å². The van der Waals surface area contributed by atoms with Gasteiger partial charge in [0.05, 0.1) is 4.92 Å². The van der Waals surface area contributed by atoms with Crippen molar-refractivity contribution in [1.29, 1.82) is 0 Å². The number of hydrogen-bond acceptors (Lipinski definition) is 4. The van der Waals surface area contributed by atoms with Crippen molar-refractivity contribution in [3.63, 3.8) is 0 Å². The molecule has 0 bridgehead atoms. The molecule has 27 heavy (non-hydrogen) atoms. The van der Waals surface area contributed by atoms with E-state index in [1.54, 1.807) is 18.2 Å². The van der Waals surface area contributed by atoms with Gasteiger partial charge in [0.25, 0.3) is 5.69 Å². The summed E-state index contributed by atoms with van der Waals surface area (Å²) in [7, 11) is 0. The van der Waals surface area contributed by atoms with Gasteiger partial charge in [0, 0.05) is 31.6 Å². The monoisotopic (exact) mass is 367 g/mol. The van der Waals surface area contributed by atoms with Crippen LogP contribution in [0.5, 0.6) is 0 Å². The molecule has 6 nitrogen and oxygen atoms in total. The number of rotatable bonds is 8. The molecule has 1 aliphatic rings. The Balaban J connectivity index is 1.49. The summed E-state index contributed by atoms with van der Waals surface area (Å²) in [4.78, 5) is 25.3. The quantitative estimate of drug-likeness (QED) is 0.565. The number of carbonyl (C=O) groups excluding carboxylic acids is 1. The van der Waals surface area contributed by atoms with Crippen molar-refractivity contribution >= 4 is 17.3 Å². The normalized spacial score (nSPS) is 16.3. The topological polar surface area (TPSA) is 75.5 Å². The fraction of sp³-hybridized carbons (Fsp3) is 0.381. The zero-order valence-electron chi connectivity index (χ0n) is 15.3. The van der Waals surface area contributed by atoms with Gasteiger partial charge < -0.3 is 10.2 Å². The number of likely N-dealkylation sites (tertiary alicyclic amines) is 1. The third-order valence-corrected chi connectivity index (χ3v) is 5.06. The van der Waals surface area contributed by atoms with Crippen LogP contribution in [0.2, 0.25) is 0 Å². The van der Waals surface area contributed by atoms with Crippen LogP contribution in [-0.4, -0.2) is 34.9 Å². The van der Waals surface area contributed by atoms with Gasteiger partial charge >= 0.3 is 0 Å². The molecule has 1 saturated heterocycles. The Morgan fingerprint density at radius 2 is 1.89 bits per heavy atom. The van der Waals surface area contributed by atoms with Gasteiger partial charge in [-0.3, -0.25) is 14.9 Å². The first-order valence-electron chi connectivity index (χ1n) is 9.46. The van der Waals surface area contributed by atoms with Gasteiger partial charge in [0.1, 0.15) is 5.69 Å². The molecule has 6 heteroatoms. The number of carbonyl (C=O) groups is 1. The van der Waals surface area contributed by atoms with Crippen LogP contribution in [0.4, 0.5) is 11.4 Å². The van der Waals surface area contributed by atoms with Crippen molar-refractivity contribution in [3.8, 4) is 0 Å². The highest BCUT2D eigenvalue weighted by Gasteiger charge is 2.28. The Kier molecular flexibility index (Phi) is 6.41. The van der Waals surface area contributed by atoms with Crippen LogP contribution in [-0.2, 0) is 11.2 Å². The lowest BCUT2D eigenvalue weighted by Gasteiger charge is -2.25. The number of nitro groups is 1. The summed E-state index contributed by atoms with van der Waals surface area (Å²) in [6.07, 6.45) is 4.39. The van der Waals surface area contributed by atoms with Crippen LogP contribution in [0.15, 0.2) is 54.6 Å². The van der Waals surface area contributed by atoms with Crippen LogP contribution >= 0.6 is 0 Å². The zero-order chi connectivity index (χ0) is 19.1. The van der Waals surface area contributed by atoms with Crippen LogP contribution < -0.4 is 5.32 Å². The maximum atomic E-state index is 12.6. The van der Waals surface area contributed by atoms with E-state index in [1.807, 2.05) is 23.1 Å². The third-order valence-electron chi connectivity index (χ3n) is 5.06. The van der Waals surface area contributed by atoms with Gasteiger partial charge in [0.15, 0.2) is 0 Å². The highest BCUT2D eigenvalue weighted by Crippen LogP contribution is 2.24. The molecule has 2 aromatic rings. The number of aryl methyl sites for hydroxylation is 1. The Morgan fingerprint density at radius 1 is 1.15 bits per heavy atom. The second kappa shape index (κ2) is 9.16. The summed E-state index contributed by atoms with van der Waals surface area (Å²) < 4.78 is 0. The first-order chi connectivity index (χ1) is 13.1. The summed E-state index contributed by atoms with van der Waals surface area (Å²) in [5.74, 6) is 0.122. The molecule has 0 aromatic heterocycles. The fourth-order valence-corrected chi connectivity index (χ4v) is 3.67. The van der Waals surface area contributed by atoms with Gasteiger partial charge in [-0.25, -0.2) is 0 Å². The average molecular weight is 367 g/mol. The van der Waals surface area contributed by atoms with Crippen LogP contribution in [0.25, 0.3) is 0 Å². The number of anilines is 1. The van der Waals surface area contributed by atoms with Crippen molar-refractivity contribution in [2.75, 3.05) is 18.4 Å². The molecule has 0 spiro atoms. The van der Waals surface area contributed by atoms with Gasteiger partial charge in [0.2, 0.25) is 5.91 Å². The molecule has 1 fully saturated rings. The molecule has 2 aromatic carbocycles. The highest BCUT2D eigenvalue weighted by molar-refractivity contribution is 5.77. The lowest BCUT2D eigenvalue weighted by atomic mass is 10.0. The van der Waals surface area contributed by atoms with E-state index in [1.165, 1.54) is 11.6 Å². The molecule has 142 valence electrons. The van der Waals surface area contributed by atoms with Crippen molar-refractivity contribution in [2.45, 2.75) is 38.1 Å². The minimum absolute atomic E-state index is 0.0341. The first kappa shape index (κ1) is 18.9. The van der Waals surface area contributed by atoms with Crippen LogP contribution in [0.3, 0.4) is 0 Å². The Bertz CT molecular complexity index is 779. The highest BCUT2D eigenvalue weighted by atomic mass is 16.6. The Morgan fingerprint density at radius 3 is 2.67 bits per heavy atom. The SMILES string of the molecule is O=C(CCNc1ccccc1[N+](=O)[O-])N1CCCC1CCc1ccccc1. The summed E-state index contributed by atoms with van der Waals surface area (Å²) in [6, 6.07) is 17.2. The number of nitrogens with zero attached hydrogens (tertiary/aromatic N) is 2. The molecule has 3 rings (SSSR count). The van der Waals surface area contributed by atoms with E-state index in [-0.39, 0.29) is 11.6 Å². The molecular formula is C21H25N3O3. The predicted octanol–water partition coefficient (Wildman–Crippen LogP) is 4.02. The maximum Gasteiger partial charge on any atom is 0.292 e. The number of para-hydroxylation sites is 2. The summed E-state index contributed by atoms with van der Waals surface area (Å²) in [5.41, 5.74) is 1.79. The van der Waals surface area contributed by atoms with Crippen molar-refractivity contribution in [2.24, 2.45) is 0 Å². The summed E-state index contributed by atoms with van der Waals surface area (Å²) >= 11 is 0. The van der Waals surface area contributed by atoms with Crippen molar-refractivity contribution < 1.29 is 9.72 Å². The number of hydrogen-bond donors (Lipinski definition) is 1. The first-order valence-corrected chi connectivity index (χ1v) is 9.46. The smallest absolute Gasteiger partial charge is 0.292 e. The second-order valence-corrected chi connectivity index (χ2v) is 6.86. The summed E-state index contributed by atoms with van der Waals surface area (Å²) in [5, 5.41) is 14.1. The molecular weight excluding hydrogens is 342 g/mol.